The van der Waals surface area contributed by atoms with E-state index in [1.807, 2.05) is 43.3 Å². The van der Waals surface area contributed by atoms with E-state index in [9.17, 15) is 18.4 Å². The molecule has 1 heterocycles. The summed E-state index contributed by atoms with van der Waals surface area (Å²) in [7, 11) is 0. The predicted octanol–water partition coefficient (Wildman–Crippen LogP) is 5.29. The van der Waals surface area contributed by atoms with Crippen molar-refractivity contribution in [1.29, 1.82) is 5.26 Å². The van der Waals surface area contributed by atoms with Crippen molar-refractivity contribution in [1.82, 2.24) is 9.78 Å². The number of aromatic nitrogens is 2. The highest BCUT2D eigenvalue weighted by molar-refractivity contribution is 5.70. The number of alkyl halides is 3. The molecule has 33 heavy (non-hydrogen) atoms. The van der Waals surface area contributed by atoms with E-state index in [4.69, 9.17) is 9.84 Å². The second-order valence-electron chi connectivity index (χ2n) is 7.71. The molecule has 0 unspecified atom stereocenters. The lowest BCUT2D eigenvalue weighted by Crippen LogP contribution is -2.20. The smallest absolute Gasteiger partial charge is 0.408 e. The molecule has 0 radical (unpaired) electrons. The molecule has 1 N–H and O–H groups in total. The molecular formula is C25H26F3N3O2. The Hall–Kier alpha value is -3.31. The van der Waals surface area contributed by atoms with Gasteiger partial charge in [-0.1, -0.05) is 55.8 Å². The molecule has 8 heteroatoms. The predicted molar refractivity (Wildman–Crippen MR) is 119 cm³/mol. The Bertz CT molecular complexity index is 1100. The van der Waals surface area contributed by atoms with Crippen LogP contribution in [-0.2, 0) is 19.4 Å². The first-order chi connectivity index (χ1) is 15.9. The van der Waals surface area contributed by atoms with Gasteiger partial charge in [0.1, 0.15) is 13.2 Å². The number of unbranched alkanes of at least 4 members (excludes halogenated alkanes) is 1. The second-order valence-corrected chi connectivity index (χ2v) is 7.71. The van der Waals surface area contributed by atoms with Gasteiger partial charge in [0.15, 0.2) is 0 Å². The summed E-state index contributed by atoms with van der Waals surface area (Å²) in [5.74, 6) is 0.0476. The number of rotatable bonds is 10. The van der Waals surface area contributed by atoms with Crippen molar-refractivity contribution in [3.63, 3.8) is 0 Å². The van der Waals surface area contributed by atoms with Crippen LogP contribution in [0.25, 0.3) is 11.1 Å². The first-order valence-corrected chi connectivity index (χ1v) is 10.8. The van der Waals surface area contributed by atoms with Crippen molar-refractivity contribution in [3.05, 3.63) is 70.9 Å². The molecule has 0 bridgehead atoms. The molecule has 5 nitrogen and oxygen atoms in total. The minimum atomic E-state index is -4.45. The fourth-order valence-corrected chi connectivity index (χ4v) is 3.67. The van der Waals surface area contributed by atoms with Crippen LogP contribution in [-0.4, -0.2) is 34.3 Å². The molecule has 0 saturated heterocycles. The maximum absolute atomic E-state index is 13.1. The zero-order valence-corrected chi connectivity index (χ0v) is 18.4. The Morgan fingerprint density at radius 2 is 1.85 bits per heavy atom. The number of aryl methyl sites for hydroxylation is 1. The number of aliphatic hydroxyl groups is 1. The van der Waals surface area contributed by atoms with Gasteiger partial charge in [-0.25, -0.2) is 4.68 Å². The summed E-state index contributed by atoms with van der Waals surface area (Å²) in [5, 5.41) is 22.7. The van der Waals surface area contributed by atoms with Gasteiger partial charge >= 0.3 is 6.18 Å². The van der Waals surface area contributed by atoms with Gasteiger partial charge in [0.2, 0.25) is 5.88 Å². The van der Waals surface area contributed by atoms with Crippen molar-refractivity contribution < 1.29 is 23.0 Å². The van der Waals surface area contributed by atoms with Crippen molar-refractivity contribution in [2.24, 2.45) is 0 Å². The first kappa shape index (κ1) is 24.3. The normalized spacial score (nSPS) is 11.4. The number of hydrogen-bond donors (Lipinski definition) is 1. The largest absolute Gasteiger partial charge is 0.475 e. The van der Waals surface area contributed by atoms with Crippen LogP contribution < -0.4 is 4.74 Å². The summed E-state index contributed by atoms with van der Waals surface area (Å²) >= 11 is 0. The lowest BCUT2D eigenvalue weighted by molar-refractivity contribution is -0.143. The monoisotopic (exact) mass is 457 g/mol. The van der Waals surface area contributed by atoms with Gasteiger partial charge in [-0.05, 0) is 35.6 Å². The van der Waals surface area contributed by atoms with Gasteiger partial charge in [0, 0.05) is 12.0 Å². The van der Waals surface area contributed by atoms with Crippen LogP contribution in [0.15, 0.2) is 48.5 Å². The van der Waals surface area contributed by atoms with Crippen LogP contribution in [0.2, 0.25) is 0 Å². The van der Waals surface area contributed by atoms with Gasteiger partial charge in [0.05, 0.1) is 23.9 Å². The SMILES string of the molecule is CCCCc1nn(CC(F)(F)F)c(OCCO)c1Cc1ccc(-c2ccccc2C#N)cc1. The van der Waals surface area contributed by atoms with Crippen molar-refractivity contribution in [2.45, 2.75) is 45.3 Å². The Morgan fingerprint density at radius 1 is 1.12 bits per heavy atom. The minimum Gasteiger partial charge on any atom is -0.475 e. The Balaban J connectivity index is 1.95. The summed E-state index contributed by atoms with van der Waals surface area (Å²) in [4.78, 5) is 0. The third-order valence-corrected chi connectivity index (χ3v) is 5.20. The lowest BCUT2D eigenvalue weighted by Gasteiger charge is -2.13. The molecule has 0 fully saturated rings. The molecule has 1 aromatic heterocycles. The van der Waals surface area contributed by atoms with Crippen molar-refractivity contribution in [2.75, 3.05) is 13.2 Å². The molecule has 174 valence electrons. The van der Waals surface area contributed by atoms with E-state index in [1.165, 1.54) is 0 Å². The standard InChI is InChI=1S/C25H26F3N3O2/c1-2-3-8-23-22(24(33-14-13-32)31(30-23)17-25(26,27)28)15-18-9-11-19(12-10-18)21-7-5-4-6-20(21)16-29/h4-7,9-12,32H,2-3,8,13-15,17H2,1H3. The maximum atomic E-state index is 13.1. The highest BCUT2D eigenvalue weighted by Crippen LogP contribution is 2.31. The second kappa shape index (κ2) is 11.0. The van der Waals surface area contributed by atoms with Gasteiger partial charge in [0.25, 0.3) is 0 Å². The molecule has 0 atom stereocenters. The molecule has 0 aliphatic carbocycles. The van der Waals surface area contributed by atoms with Gasteiger partial charge in [-0.3, -0.25) is 0 Å². The molecule has 2 aromatic carbocycles. The zero-order chi connectivity index (χ0) is 23.8. The molecular weight excluding hydrogens is 431 g/mol. The van der Waals surface area contributed by atoms with Crippen molar-refractivity contribution >= 4 is 0 Å². The fourth-order valence-electron chi connectivity index (χ4n) is 3.67. The van der Waals surface area contributed by atoms with Gasteiger partial charge in [-0.15, -0.1) is 0 Å². The summed E-state index contributed by atoms with van der Waals surface area (Å²) in [5.41, 5.74) is 4.33. The van der Waals surface area contributed by atoms with Crippen LogP contribution in [0, 0.1) is 11.3 Å². The van der Waals surface area contributed by atoms with Crippen LogP contribution in [0.4, 0.5) is 13.2 Å². The Kier molecular flexibility index (Phi) is 8.12. The maximum Gasteiger partial charge on any atom is 0.408 e. The molecule has 0 aliphatic rings. The number of benzene rings is 2. The van der Waals surface area contributed by atoms with E-state index in [0.29, 0.717) is 29.7 Å². The Morgan fingerprint density at radius 3 is 2.48 bits per heavy atom. The highest BCUT2D eigenvalue weighted by atomic mass is 19.4. The van der Waals surface area contributed by atoms with E-state index >= 15 is 0 Å². The van der Waals surface area contributed by atoms with E-state index in [2.05, 4.69) is 11.2 Å². The average Bonchev–Trinajstić information content (AvgIpc) is 3.10. The summed E-state index contributed by atoms with van der Waals surface area (Å²) in [6, 6.07) is 17.1. The van der Waals surface area contributed by atoms with Crippen LogP contribution >= 0.6 is 0 Å². The number of nitrogens with zero attached hydrogens (tertiary/aromatic N) is 3. The summed E-state index contributed by atoms with van der Waals surface area (Å²) in [6.45, 7) is 0.325. The number of halogens is 3. The van der Waals surface area contributed by atoms with Gasteiger partial charge < -0.3 is 9.84 Å². The molecule has 3 aromatic rings. The molecule has 3 rings (SSSR count). The molecule has 0 aliphatic heterocycles. The molecule has 0 spiro atoms. The quantitative estimate of drug-likeness (QED) is 0.449. The van der Waals surface area contributed by atoms with E-state index in [0.717, 1.165) is 34.2 Å². The first-order valence-electron chi connectivity index (χ1n) is 10.8. The number of nitriles is 1. The van der Waals surface area contributed by atoms with Crippen LogP contribution in [0.1, 0.15) is 42.1 Å². The number of aliphatic hydroxyl groups excluding tert-OH is 1. The van der Waals surface area contributed by atoms with Crippen LogP contribution in [0.3, 0.4) is 0 Å². The average molecular weight is 457 g/mol. The molecule has 0 amide bonds. The Labute approximate surface area is 191 Å². The van der Waals surface area contributed by atoms with E-state index < -0.39 is 12.7 Å². The summed E-state index contributed by atoms with van der Waals surface area (Å²) < 4.78 is 45.8. The summed E-state index contributed by atoms with van der Waals surface area (Å²) in [6.07, 6.45) is -1.89. The zero-order valence-electron chi connectivity index (χ0n) is 18.4. The van der Waals surface area contributed by atoms with E-state index in [-0.39, 0.29) is 19.1 Å². The topological polar surface area (TPSA) is 71.1 Å². The van der Waals surface area contributed by atoms with Crippen LogP contribution in [0.5, 0.6) is 5.88 Å². The highest BCUT2D eigenvalue weighted by Gasteiger charge is 2.32. The van der Waals surface area contributed by atoms with Crippen molar-refractivity contribution in [3.8, 4) is 23.1 Å². The number of ether oxygens (including phenoxy) is 1. The third kappa shape index (κ3) is 6.36. The third-order valence-electron chi connectivity index (χ3n) is 5.20. The lowest BCUT2D eigenvalue weighted by atomic mass is 9.97. The van der Waals surface area contributed by atoms with Gasteiger partial charge in [-0.2, -0.15) is 23.5 Å². The number of hydrogen-bond acceptors (Lipinski definition) is 4. The minimum absolute atomic E-state index is 0.0476. The fraction of sp³-hybridized carbons (Fsp3) is 0.360. The molecule has 0 saturated carbocycles. The van der Waals surface area contributed by atoms with E-state index in [1.54, 1.807) is 12.1 Å².